The SMILES string of the molecule is CNCCN(C)C(=O)C1CC2CCCCC2N1C(=O)c1cccc(Cl)c1.Cl. The molecule has 3 atom stereocenters. The van der Waals surface area contributed by atoms with Crippen molar-refractivity contribution in [3.63, 3.8) is 0 Å². The van der Waals surface area contributed by atoms with Crippen LogP contribution >= 0.6 is 24.0 Å². The van der Waals surface area contributed by atoms with Crippen molar-refractivity contribution in [3.05, 3.63) is 34.9 Å². The molecule has 2 amide bonds. The molecule has 3 unspecified atom stereocenters. The van der Waals surface area contributed by atoms with Crippen LogP contribution in [-0.4, -0.2) is 60.9 Å². The molecule has 1 aliphatic carbocycles. The number of carbonyl (C=O) groups is 2. The lowest BCUT2D eigenvalue weighted by molar-refractivity contribution is -0.134. The highest BCUT2D eigenvalue weighted by atomic mass is 35.5. The zero-order valence-corrected chi connectivity index (χ0v) is 17.6. The number of rotatable bonds is 5. The number of likely N-dealkylation sites (tertiary alicyclic amines) is 1. The van der Waals surface area contributed by atoms with Gasteiger partial charge in [-0.25, -0.2) is 0 Å². The summed E-state index contributed by atoms with van der Waals surface area (Å²) in [6.07, 6.45) is 5.18. The van der Waals surface area contributed by atoms with E-state index < -0.39 is 0 Å². The second-order valence-corrected chi connectivity index (χ2v) is 7.89. The minimum atomic E-state index is -0.364. The summed E-state index contributed by atoms with van der Waals surface area (Å²) in [4.78, 5) is 30.0. The van der Waals surface area contributed by atoms with E-state index in [-0.39, 0.29) is 36.3 Å². The van der Waals surface area contributed by atoms with Crippen LogP contribution in [0.15, 0.2) is 24.3 Å². The molecule has 27 heavy (non-hydrogen) atoms. The van der Waals surface area contributed by atoms with Gasteiger partial charge < -0.3 is 15.1 Å². The Labute approximate surface area is 172 Å². The van der Waals surface area contributed by atoms with Crippen molar-refractivity contribution in [3.8, 4) is 0 Å². The zero-order valence-electron chi connectivity index (χ0n) is 16.0. The van der Waals surface area contributed by atoms with Gasteiger partial charge in [0.1, 0.15) is 6.04 Å². The van der Waals surface area contributed by atoms with Gasteiger partial charge in [-0.1, -0.05) is 30.5 Å². The van der Waals surface area contributed by atoms with Crippen LogP contribution in [-0.2, 0) is 4.79 Å². The van der Waals surface area contributed by atoms with Crippen molar-refractivity contribution >= 4 is 35.8 Å². The molecule has 2 aliphatic rings. The number of nitrogens with one attached hydrogen (secondary N) is 1. The van der Waals surface area contributed by atoms with E-state index in [0.717, 1.165) is 32.2 Å². The van der Waals surface area contributed by atoms with Gasteiger partial charge in [0.2, 0.25) is 5.91 Å². The summed E-state index contributed by atoms with van der Waals surface area (Å²) in [5, 5.41) is 3.62. The van der Waals surface area contributed by atoms with E-state index in [1.54, 1.807) is 29.2 Å². The third kappa shape index (κ3) is 4.76. The predicted octanol–water partition coefficient (Wildman–Crippen LogP) is 3.21. The van der Waals surface area contributed by atoms with E-state index in [1.807, 2.05) is 19.0 Å². The van der Waals surface area contributed by atoms with Crippen LogP contribution in [0.4, 0.5) is 0 Å². The first-order chi connectivity index (χ1) is 12.5. The fourth-order valence-electron chi connectivity index (χ4n) is 4.39. The first kappa shape index (κ1) is 22.0. The Bertz CT molecular complexity index is 670. The molecule has 1 aromatic rings. The Morgan fingerprint density at radius 3 is 2.74 bits per heavy atom. The lowest BCUT2D eigenvalue weighted by atomic mass is 9.84. The summed E-state index contributed by atoms with van der Waals surface area (Å²) in [5.74, 6) is 0.408. The molecule has 0 radical (unpaired) electrons. The fourth-order valence-corrected chi connectivity index (χ4v) is 4.58. The number of carbonyl (C=O) groups excluding carboxylic acids is 2. The molecule has 5 nitrogen and oxygen atoms in total. The lowest BCUT2D eigenvalue weighted by Crippen LogP contribution is -2.50. The lowest BCUT2D eigenvalue weighted by Gasteiger charge is -2.34. The Balaban J connectivity index is 0.00000261. The summed E-state index contributed by atoms with van der Waals surface area (Å²) in [6.45, 7) is 1.38. The maximum absolute atomic E-state index is 13.3. The molecule has 0 aromatic heterocycles. The maximum Gasteiger partial charge on any atom is 0.254 e. The van der Waals surface area contributed by atoms with Crippen LogP contribution in [0.1, 0.15) is 42.5 Å². The van der Waals surface area contributed by atoms with Gasteiger partial charge in [0.05, 0.1) is 0 Å². The average Bonchev–Trinajstić information content (AvgIpc) is 3.04. The number of halogens is 2. The first-order valence-electron chi connectivity index (χ1n) is 9.50. The van der Waals surface area contributed by atoms with Crippen LogP contribution in [0.3, 0.4) is 0 Å². The van der Waals surface area contributed by atoms with Crippen LogP contribution in [0.2, 0.25) is 5.02 Å². The van der Waals surface area contributed by atoms with Gasteiger partial charge in [-0.3, -0.25) is 9.59 Å². The molecule has 1 N–H and O–H groups in total. The van der Waals surface area contributed by atoms with Crippen molar-refractivity contribution < 1.29 is 9.59 Å². The number of amides is 2. The number of hydrogen-bond acceptors (Lipinski definition) is 3. The van der Waals surface area contributed by atoms with Crippen LogP contribution in [0.25, 0.3) is 0 Å². The van der Waals surface area contributed by atoms with Gasteiger partial charge >= 0.3 is 0 Å². The molecule has 3 rings (SSSR count). The maximum atomic E-state index is 13.3. The Kier molecular flexibility index (Phi) is 7.95. The molecule has 1 aromatic carbocycles. The van der Waals surface area contributed by atoms with Crippen molar-refractivity contribution in [2.24, 2.45) is 5.92 Å². The smallest absolute Gasteiger partial charge is 0.254 e. The van der Waals surface area contributed by atoms with E-state index in [9.17, 15) is 9.59 Å². The molecule has 150 valence electrons. The molecular formula is C20H29Cl2N3O2. The zero-order chi connectivity index (χ0) is 18.7. The largest absolute Gasteiger partial charge is 0.343 e. The molecule has 0 spiro atoms. The van der Waals surface area contributed by atoms with Crippen molar-refractivity contribution in [1.29, 1.82) is 0 Å². The van der Waals surface area contributed by atoms with Gasteiger partial charge in [0, 0.05) is 36.8 Å². The molecule has 7 heteroatoms. The summed E-state index contributed by atoms with van der Waals surface area (Å²) < 4.78 is 0. The molecular weight excluding hydrogens is 385 g/mol. The summed E-state index contributed by atoms with van der Waals surface area (Å²) in [5.41, 5.74) is 0.569. The average molecular weight is 414 g/mol. The summed E-state index contributed by atoms with van der Waals surface area (Å²) in [7, 11) is 3.70. The van der Waals surface area contributed by atoms with E-state index in [1.165, 1.54) is 6.42 Å². The van der Waals surface area contributed by atoms with Gasteiger partial charge in [-0.2, -0.15) is 0 Å². The highest BCUT2D eigenvalue weighted by molar-refractivity contribution is 6.31. The fraction of sp³-hybridized carbons (Fsp3) is 0.600. The second kappa shape index (κ2) is 9.76. The molecule has 2 fully saturated rings. The summed E-state index contributed by atoms with van der Waals surface area (Å²) >= 11 is 6.09. The first-order valence-corrected chi connectivity index (χ1v) is 9.88. The Morgan fingerprint density at radius 1 is 1.30 bits per heavy atom. The minimum absolute atomic E-state index is 0. The van der Waals surface area contributed by atoms with Crippen molar-refractivity contribution in [2.45, 2.75) is 44.2 Å². The van der Waals surface area contributed by atoms with Gasteiger partial charge in [0.15, 0.2) is 0 Å². The van der Waals surface area contributed by atoms with Crippen molar-refractivity contribution in [2.75, 3.05) is 27.2 Å². The highest BCUT2D eigenvalue weighted by Gasteiger charge is 2.48. The second-order valence-electron chi connectivity index (χ2n) is 7.45. The quantitative estimate of drug-likeness (QED) is 0.805. The van der Waals surface area contributed by atoms with E-state index in [2.05, 4.69) is 5.32 Å². The third-order valence-electron chi connectivity index (χ3n) is 5.75. The molecule has 0 bridgehead atoms. The molecule has 1 heterocycles. The molecule has 1 aliphatic heterocycles. The number of likely N-dealkylation sites (N-methyl/N-ethyl adjacent to an activating group) is 2. The monoisotopic (exact) mass is 413 g/mol. The van der Waals surface area contributed by atoms with Crippen LogP contribution in [0, 0.1) is 5.92 Å². The van der Waals surface area contributed by atoms with E-state index >= 15 is 0 Å². The molecule has 1 saturated carbocycles. The topological polar surface area (TPSA) is 52.7 Å². The number of benzene rings is 1. The van der Waals surface area contributed by atoms with Crippen LogP contribution < -0.4 is 5.32 Å². The Hall–Kier alpha value is -1.30. The predicted molar refractivity (Wildman–Crippen MR) is 111 cm³/mol. The van der Waals surface area contributed by atoms with Gasteiger partial charge in [-0.15, -0.1) is 12.4 Å². The molecule has 1 saturated heterocycles. The van der Waals surface area contributed by atoms with Gasteiger partial charge in [0.25, 0.3) is 5.91 Å². The van der Waals surface area contributed by atoms with Crippen molar-refractivity contribution in [1.82, 2.24) is 15.1 Å². The van der Waals surface area contributed by atoms with E-state index in [4.69, 9.17) is 11.6 Å². The number of hydrogen-bond donors (Lipinski definition) is 1. The van der Waals surface area contributed by atoms with E-state index in [0.29, 0.717) is 23.0 Å². The summed E-state index contributed by atoms with van der Waals surface area (Å²) in [6, 6.07) is 6.85. The Morgan fingerprint density at radius 2 is 2.04 bits per heavy atom. The standard InChI is InChI=1S/C20H28ClN3O2.ClH/c1-22-10-11-23(2)20(26)18-13-14-6-3-4-9-17(14)24(18)19(25)15-7-5-8-16(21)12-15;/h5,7-8,12,14,17-18,22H,3-4,6,9-11,13H2,1-2H3;1H. The van der Waals surface area contributed by atoms with Crippen LogP contribution in [0.5, 0.6) is 0 Å². The third-order valence-corrected chi connectivity index (χ3v) is 5.99. The number of fused-ring (bicyclic) bond motifs is 1. The minimum Gasteiger partial charge on any atom is -0.343 e. The highest BCUT2D eigenvalue weighted by Crippen LogP contribution is 2.41. The number of nitrogens with zero attached hydrogens (tertiary/aromatic N) is 2. The van der Waals surface area contributed by atoms with Gasteiger partial charge in [-0.05, 0) is 50.4 Å². The normalized spacial score (nSPS) is 24.1.